The van der Waals surface area contributed by atoms with E-state index in [9.17, 15) is 31.1 Å². The fraction of sp³-hybridized carbons (Fsp3) is 0.320. The molecule has 202 valence electrons. The largest absolute Gasteiger partial charge is 0.492 e. The summed E-state index contributed by atoms with van der Waals surface area (Å²) >= 11 is 0. The fourth-order valence-electron chi connectivity index (χ4n) is 3.93. The number of furan rings is 1. The van der Waals surface area contributed by atoms with E-state index in [0.29, 0.717) is 35.9 Å². The molecule has 1 aromatic carbocycles. The third-order valence-corrected chi connectivity index (χ3v) is 5.47. The molecule has 1 amide bonds. The molecule has 4 aromatic rings. The predicted molar refractivity (Wildman–Crippen MR) is 124 cm³/mol. The summed E-state index contributed by atoms with van der Waals surface area (Å²) in [5, 5.41) is 0. The van der Waals surface area contributed by atoms with E-state index in [0.717, 1.165) is 5.56 Å². The Balaban J connectivity index is 1.70. The molecule has 0 spiro atoms. The third kappa shape index (κ3) is 6.84. The number of pyridine rings is 1. The van der Waals surface area contributed by atoms with Crippen LogP contribution in [0.4, 0.5) is 26.3 Å². The first kappa shape index (κ1) is 27.0. The minimum Gasteiger partial charge on any atom is -0.492 e. The molecule has 13 heteroatoms. The number of hydrogen-bond acceptors (Lipinski definition) is 5. The van der Waals surface area contributed by atoms with Crippen molar-refractivity contribution in [1.29, 1.82) is 0 Å². The van der Waals surface area contributed by atoms with Crippen LogP contribution in [0.5, 0.6) is 5.75 Å². The standard InChI is InChI=1S/C25H22F6N4O3/c1-2-38-19-5-4-18(32-11-19)10-22-33-20-9-17(3-6-21(20)35(22)12-16-7-8-37-13-16)23(36)34(14-24(26,27)28)15-25(29,30)31/h3-9,11,13H,2,10,12,14-15H2,1H3. The molecule has 0 atom stereocenters. The molecule has 0 unspecified atom stereocenters. The third-order valence-electron chi connectivity index (χ3n) is 5.47. The number of rotatable bonds is 9. The number of aromatic nitrogens is 3. The molecule has 0 saturated heterocycles. The maximum Gasteiger partial charge on any atom is 0.406 e. The van der Waals surface area contributed by atoms with E-state index in [1.54, 1.807) is 24.4 Å². The van der Waals surface area contributed by atoms with Crippen LogP contribution in [-0.4, -0.2) is 57.4 Å². The summed E-state index contributed by atoms with van der Waals surface area (Å²) in [6.45, 7) is -1.43. The van der Waals surface area contributed by atoms with Crippen molar-refractivity contribution in [2.24, 2.45) is 0 Å². The van der Waals surface area contributed by atoms with E-state index in [-0.39, 0.29) is 22.4 Å². The van der Waals surface area contributed by atoms with E-state index < -0.39 is 31.3 Å². The second-order valence-electron chi connectivity index (χ2n) is 8.44. The van der Waals surface area contributed by atoms with Gasteiger partial charge in [0.2, 0.25) is 0 Å². The summed E-state index contributed by atoms with van der Waals surface area (Å²) in [4.78, 5) is 21.4. The molecule has 0 aliphatic heterocycles. The van der Waals surface area contributed by atoms with Crippen molar-refractivity contribution in [3.63, 3.8) is 0 Å². The lowest BCUT2D eigenvalue weighted by molar-refractivity contribution is -0.171. The monoisotopic (exact) mass is 540 g/mol. The Morgan fingerprint density at radius 2 is 1.79 bits per heavy atom. The first-order valence-corrected chi connectivity index (χ1v) is 11.4. The molecular weight excluding hydrogens is 518 g/mol. The first-order valence-electron chi connectivity index (χ1n) is 11.4. The summed E-state index contributed by atoms with van der Waals surface area (Å²) in [6, 6.07) is 9.09. The molecule has 0 saturated carbocycles. The second-order valence-corrected chi connectivity index (χ2v) is 8.44. The molecule has 0 aliphatic carbocycles. The zero-order chi connectivity index (χ0) is 27.5. The first-order chi connectivity index (χ1) is 17.9. The van der Waals surface area contributed by atoms with Crippen LogP contribution in [0, 0.1) is 0 Å². The minimum atomic E-state index is -5.00. The van der Waals surface area contributed by atoms with Gasteiger partial charge in [-0.15, -0.1) is 0 Å². The summed E-state index contributed by atoms with van der Waals surface area (Å²) in [6.07, 6.45) is -5.15. The highest BCUT2D eigenvalue weighted by molar-refractivity contribution is 5.97. The van der Waals surface area contributed by atoms with Gasteiger partial charge in [0.05, 0.1) is 42.9 Å². The lowest BCUT2D eigenvalue weighted by atomic mass is 10.1. The zero-order valence-corrected chi connectivity index (χ0v) is 20.0. The van der Waals surface area contributed by atoms with Crippen molar-refractivity contribution < 1.29 is 40.3 Å². The van der Waals surface area contributed by atoms with E-state index in [1.165, 1.54) is 30.7 Å². The van der Waals surface area contributed by atoms with Crippen molar-refractivity contribution in [1.82, 2.24) is 19.4 Å². The smallest absolute Gasteiger partial charge is 0.406 e. The molecule has 3 aromatic heterocycles. The highest BCUT2D eigenvalue weighted by atomic mass is 19.4. The molecule has 0 bridgehead atoms. The van der Waals surface area contributed by atoms with Gasteiger partial charge in [-0.1, -0.05) is 0 Å². The minimum absolute atomic E-state index is 0.235. The quantitative estimate of drug-likeness (QED) is 0.258. The van der Waals surface area contributed by atoms with Gasteiger partial charge in [-0.05, 0) is 43.3 Å². The number of halogens is 6. The number of carbonyl (C=O) groups excluding carboxylic acids is 1. The molecule has 0 fully saturated rings. The van der Waals surface area contributed by atoms with Crippen LogP contribution < -0.4 is 4.74 Å². The van der Waals surface area contributed by atoms with Gasteiger partial charge in [-0.3, -0.25) is 9.78 Å². The van der Waals surface area contributed by atoms with Gasteiger partial charge < -0.3 is 18.6 Å². The number of amides is 1. The van der Waals surface area contributed by atoms with Gasteiger partial charge in [-0.2, -0.15) is 26.3 Å². The zero-order valence-electron chi connectivity index (χ0n) is 20.0. The van der Waals surface area contributed by atoms with Crippen molar-refractivity contribution >= 4 is 16.9 Å². The molecular formula is C25H22F6N4O3. The van der Waals surface area contributed by atoms with Crippen LogP contribution in [0.1, 0.15) is 34.4 Å². The summed E-state index contributed by atoms with van der Waals surface area (Å²) in [5.74, 6) is -0.292. The van der Waals surface area contributed by atoms with Gasteiger partial charge in [-0.25, -0.2) is 4.98 Å². The van der Waals surface area contributed by atoms with Crippen LogP contribution in [0.15, 0.2) is 59.5 Å². The van der Waals surface area contributed by atoms with Gasteiger partial charge in [0, 0.05) is 23.2 Å². The number of imidazole rings is 1. The molecule has 0 radical (unpaired) electrons. The lowest BCUT2D eigenvalue weighted by Gasteiger charge is -2.25. The Morgan fingerprint density at radius 1 is 1.05 bits per heavy atom. The Bertz CT molecular complexity index is 1360. The summed E-state index contributed by atoms with van der Waals surface area (Å²) in [5.41, 5.74) is 1.87. The number of alkyl halides is 6. The summed E-state index contributed by atoms with van der Waals surface area (Å²) in [7, 11) is 0. The van der Waals surface area contributed by atoms with Crippen molar-refractivity contribution in [3.8, 4) is 5.75 Å². The Kier molecular flexibility index (Phi) is 7.65. The Hall–Kier alpha value is -4.03. The van der Waals surface area contributed by atoms with Crippen LogP contribution >= 0.6 is 0 Å². The van der Waals surface area contributed by atoms with Crippen LogP contribution in [0.25, 0.3) is 11.0 Å². The average Bonchev–Trinajstić information content (AvgIpc) is 3.46. The summed E-state index contributed by atoms with van der Waals surface area (Å²) < 4.78 is 89.9. The number of benzene rings is 1. The second kappa shape index (κ2) is 10.8. The molecule has 0 N–H and O–H groups in total. The van der Waals surface area contributed by atoms with Crippen LogP contribution in [0.2, 0.25) is 0 Å². The maximum absolute atomic E-state index is 12.9. The number of hydrogen-bond donors (Lipinski definition) is 0. The highest BCUT2D eigenvalue weighted by Gasteiger charge is 2.40. The van der Waals surface area contributed by atoms with Crippen molar-refractivity contribution in [3.05, 3.63) is 77.8 Å². The van der Waals surface area contributed by atoms with E-state index in [4.69, 9.17) is 9.15 Å². The maximum atomic E-state index is 12.9. The van der Waals surface area contributed by atoms with Gasteiger partial charge in [0.25, 0.3) is 5.91 Å². The average molecular weight is 540 g/mol. The number of nitrogens with zero attached hydrogens (tertiary/aromatic N) is 4. The van der Waals surface area contributed by atoms with Crippen molar-refractivity contribution in [2.75, 3.05) is 19.7 Å². The van der Waals surface area contributed by atoms with Crippen LogP contribution in [-0.2, 0) is 13.0 Å². The molecule has 0 aliphatic rings. The Morgan fingerprint density at radius 3 is 2.37 bits per heavy atom. The molecule has 38 heavy (non-hydrogen) atoms. The van der Waals surface area contributed by atoms with E-state index in [2.05, 4.69) is 9.97 Å². The van der Waals surface area contributed by atoms with Crippen molar-refractivity contribution in [2.45, 2.75) is 32.2 Å². The lowest BCUT2D eigenvalue weighted by Crippen LogP contribution is -2.44. The fourth-order valence-corrected chi connectivity index (χ4v) is 3.93. The van der Waals surface area contributed by atoms with Gasteiger partial charge in [0.1, 0.15) is 24.7 Å². The molecule has 4 rings (SSSR count). The Labute approximate surface area is 212 Å². The highest BCUT2D eigenvalue weighted by Crippen LogP contribution is 2.26. The molecule has 3 heterocycles. The normalized spacial score (nSPS) is 12.2. The van der Waals surface area contributed by atoms with E-state index in [1.807, 2.05) is 11.5 Å². The van der Waals surface area contributed by atoms with Crippen LogP contribution in [0.3, 0.4) is 0 Å². The number of ether oxygens (including phenoxy) is 1. The predicted octanol–water partition coefficient (Wildman–Crippen LogP) is 5.63. The number of carbonyl (C=O) groups is 1. The van der Waals surface area contributed by atoms with Gasteiger partial charge >= 0.3 is 12.4 Å². The topological polar surface area (TPSA) is 73.4 Å². The van der Waals surface area contributed by atoms with E-state index >= 15 is 0 Å². The SMILES string of the molecule is CCOc1ccc(Cc2nc3cc(C(=O)N(CC(F)(F)F)CC(F)(F)F)ccc3n2Cc2ccoc2)nc1. The van der Waals surface area contributed by atoms with Gasteiger partial charge in [0.15, 0.2) is 0 Å². The molecule has 7 nitrogen and oxygen atoms in total. The number of fused-ring (bicyclic) bond motifs is 1.